The van der Waals surface area contributed by atoms with Gasteiger partial charge >= 0.3 is 5.97 Å². The van der Waals surface area contributed by atoms with Crippen LogP contribution < -0.4 is 0 Å². The summed E-state index contributed by atoms with van der Waals surface area (Å²) in [6.45, 7) is 11.0. The molecule has 0 N–H and O–H groups in total. The first-order chi connectivity index (χ1) is 8.66. The predicted molar refractivity (Wildman–Crippen MR) is 79.4 cm³/mol. The second-order valence-corrected chi connectivity index (χ2v) is 6.79. The van der Waals surface area contributed by atoms with Crippen molar-refractivity contribution < 1.29 is 9.53 Å². The fourth-order valence-electron chi connectivity index (χ4n) is 2.08. The molecule has 1 aromatic rings. The number of hydrogen-bond donors (Lipinski definition) is 0. The van der Waals surface area contributed by atoms with Crippen molar-refractivity contribution in [3.63, 3.8) is 0 Å². The molecule has 0 radical (unpaired) electrons. The highest BCUT2D eigenvalue weighted by atomic mass is 16.5. The van der Waals surface area contributed by atoms with Gasteiger partial charge in [-0.15, -0.1) is 0 Å². The average Bonchev–Trinajstić information content (AvgIpc) is 2.35. The molecule has 0 aliphatic rings. The molecule has 0 saturated heterocycles. The highest BCUT2D eigenvalue weighted by molar-refractivity contribution is 5.69. The third kappa shape index (κ3) is 4.38. The molecule has 0 aliphatic heterocycles. The van der Waals surface area contributed by atoms with Crippen LogP contribution in [-0.2, 0) is 20.4 Å². The first-order valence-electron chi connectivity index (χ1n) is 6.84. The largest absolute Gasteiger partial charge is 0.469 e. The second-order valence-electron chi connectivity index (χ2n) is 6.79. The molecule has 1 rings (SSSR count). The van der Waals surface area contributed by atoms with E-state index in [2.05, 4.69) is 58.9 Å². The molecule has 0 aromatic heterocycles. The lowest BCUT2D eigenvalue weighted by molar-refractivity contribution is -0.141. The van der Waals surface area contributed by atoms with E-state index in [4.69, 9.17) is 4.74 Å². The number of esters is 1. The fraction of sp³-hybridized carbons (Fsp3) is 0.588. The number of benzene rings is 1. The molecule has 0 bridgehead atoms. The number of methoxy groups -OCH3 is 1. The van der Waals surface area contributed by atoms with E-state index in [1.807, 2.05) is 0 Å². The molecule has 1 aromatic carbocycles. The SMILES string of the molecule is COC(=O)CCC(C)(C)c1ccc(C(C)(C)C)cc1. The molecule has 0 fully saturated rings. The van der Waals surface area contributed by atoms with Gasteiger partial charge in [0.05, 0.1) is 7.11 Å². The van der Waals surface area contributed by atoms with Crippen molar-refractivity contribution in [3.8, 4) is 0 Å². The highest BCUT2D eigenvalue weighted by Crippen LogP contribution is 2.30. The van der Waals surface area contributed by atoms with Gasteiger partial charge in [0, 0.05) is 6.42 Å². The van der Waals surface area contributed by atoms with Gasteiger partial charge in [-0.2, -0.15) is 0 Å². The van der Waals surface area contributed by atoms with Crippen LogP contribution in [0, 0.1) is 0 Å². The van der Waals surface area contributed by atoms with Crippen LogP contribution in [0.15, 0.2) is 24.3 Å². The number of ether oxygens (including phenoxy) is 1. The Balaban J connectivity index is 2.81. The molecule has 0 spiro atoms. The Kier molecular flexibility index (Phi) is 4.78. The minimum absolute atomic E-state index is 0.00932. The summed E-state index contributed by atoms with van der Waals surface area (Å²) in [7, 11) is 1.44. The zero-order valence-corrected chi connectivity index (χ0v) is 13.0. The maximum Gasteiger partial charge on any atom is 0.305 e. The summed E-state index contributed by atoms with van der Waals surface area (Å²) in [6, 6.07) is 8.74. The maximum absolute atomic E-state index is 11.3. The van der Waals surface area contributed by atoms with E-state index in [0.717, 1.165) is 6.42 Å². The van der Waals surface area contributed by atoms with Gasteiger partial charge in [-0.3, -0.25) is 4.79 Å². The Labute approximate surface area is 117 Å². The van der Waals surface area contributed by atoms with E-state index in [1.54, 1.807) is 0 Å². The van der Waals surface area contributed by atoms with E-state index in [0.29, 0.717) is 6.42 Å². The van der Waals surface area contributed by atoms with Crippen molar-refractivity contribution in [2.24, 2.45) is 0 Å². The lowest BCUT2D eigenvalue weighted by atomic mass is 9.78. The van der Waals surface area contributed by atoms with Crippen LogP contribution in [0.1, 0.15) is 58.6 Å². The first kappa shape index (κ1) is 15.7. The van der Waals surface area contributed by atoms with Gasteiger partial charge in [-0.05, 0) is 28.4 Å². The molecule has 0 atom stereocenters. The summed E-state index contributed by atoms with van der Waals surface area (Å²) in [6.07, 6.45) is 1.26. The number of rotatable bonds is 4. The summed E-state index contributed by atoms with van der Waals surface area (Å²) in [5.41, 5.74) is 2.77. The van der Waals surface area contributed by atoms with Gasteiger partial charge < -0.3 is 4.74 Å². The molecule has 0 amide bonds. The van der Waals surface area contributed by atoms with E-state index in [-0.39, 0.29) is 16.8 Å². The van der Waals surface area contributed by atoms with Crippen molar-refractivity contribution >= 4 is 5.97 Å². The monoisotopic (exact) mass is 262 g/mol. The number of carbonyl (C=O) groups excluding carboxylic acids is 1. The van der Waals surface area contributed by atoms with E-state index < -0.39 is 0 Å². The van der Waals surface area contributed by atoms with Crippen molar-refractivity contribution in [2.75, 3.05) is 7.11 Å². The van der Waals surface area contributed by atoms with Gasteiger partial charge in [-0.25, -0.2) is 0 Å². The molecule has 0 aliphatic carbocycles. The molecule has 0 heterocycles. The zero-order valence-electron chi connectivity index (χ0n) is 13.0. The van der Waals surface area contributed by atoms with Crippen LogP contribution in [0.5, 0.6) is 0 Å². The van der Waals surface area contributed by atoms with Crippen LogP contribution in [-0.4, -0.2) is 13.1 Å². The van der Waals surface area contributed by atoms with Crippen LogP contribution >= 0.6 is 0 Å². The van der Waals surface area contributed by atoms with Crippen LogP contribution in [0.2, 0.25) is 0 Å². The molecule has 0 saturated carbocycles. The zero-order chi connectivity index (χ0) is 14.7. The van der Waals surface area contributed by atoms with Crippen LogP contribution in [0.4, 0.5) is 0 Å². The third-order valence-electron chi connectivity index (χ3n) is 3.71. The Hall–Kier alpha value is -1.31. The maximum atomic E-state index is 11.3. The van der Waals surface area contributed by atoms with Gasteiger partial charge in [0.2, 0.25) is 0 Å². The minimum Gasteiger partial charge on any atom is -0.469 e. The number of hydrogen-bond acceptors (Lipinski definition) is 2. The molecule has 2 heteroatoms. The smallest absolute Gasteiger partial charge is 0.305 e. The van der Waals surface area contributed by atoms with Gasteiger partial charge in [0.25, 0.3) is 0 Å². The van der Waals surface area contributed by atoms with Gasteiger partial charge in [0.15, 0.2) is 0 Å². The van der Waals surface area contributed by atoms with Crippen molar-refractivity contribution in [3.05, 3.63) is 35.4 Å². The van der Waals surface area contributed by atoms with E-state index in [1.165, 1.54) is 18.2 Å². The summed E-state index contributed by atoms with van der Waals surface area (Å²) in [4.78, 5) is 11.3. The molecule has 2 nitrogen and oxygen atoms in total. The lowest BCUT2D eigenvalue weighted by Gasteiger charge is -2.26. The molecule has 106 valence electrons. The fourth-order valence-corrected chi connectivity index (χ4v) is 2.08. The molecular formula is C17H26O2. The number of carbonyl (C=O) groups is 1. The second kappa shape index (κ2) is 5.77. The van der Waals surface area contributed by atoms with Gasteiger partial charge in [-0.1, -0.05) is 58.9 Å². The van der Waals surface area contributed by atoms with E-state index in [9.17, 15) is 4.79 Å². The van der Waals surface area contributed by atoms with Crippen LogP contribution in [0.3, 0.4) is 0 Å². The summed E-state index contributed by atoms with van der Waals surface area (Å²) < 4.78 is 4.71. The first-order valence-corrected chi connectivity index (χ1v) is 6.84. The topological polar surface area (TPSA) is 26.3 Å². The average molecular weight is 262 g/mol. The minimum atomic E-state index is -0.139. The Morgan fingerprint density at radius 3 is 1.89 bits per heavy atom. The normalized spacial score (nSPS) is 12.3. The quantitative estimate of drug-likeness (QED) is 0.760. The van der Waals surface area contributed by atoms with Crippen molar-refractivity contribution in [1.29, 1.82) is 0 Å². The highest BCUT2D eigenvalue weighted by Gasteiger charge is 2.22. The van der Waals surface area contributed by atoms with Crippen molar-refractivity contribution in [2.45, 2.75) is 58.3 Å². The summed E-state index contributed by atoms with van der Waals surface area (Å²) in [5.74, 6) is -0.139. The standard InChI is InChI=1S/C17H26O2/c1-16(2,3)13-7-9-14(10-8-13)17(4,5)12-11-15(18)19-6/h7-10H,11-12H2,1-6H3. The van der Waals surface area contributed by atoms with Crippen LogP contribution in [0.25, 0.3) is 0 Å². The van der Waals surface area contributed by atoms with Crippen molar-refractivity contribution in [1.82, 2.24) is 0 Å². The van der Waals surface area contributed by atoms with Gasteiger partial charge in [0.1, 0.15) is 0 Å². The Morgan fingerprint density at radius 2 is 1.47 bits per heavy atom. The van der Waals surface area contributed by atoms with E-state index >= 15 is 0 Å². The third-order valence-corrected chi connectivity index (χ3v) is 3.71. The predicted octanol–water partition coefficient (Wildman–Crippen LogP) is 4.21. The Bertz CT molecular complexity index is 422. The molecular weight excluding hydrogens is 236 g/mol. The Morgan fingerprint density at radius 1 is 1.00 bits per heavy atom. The summed E-state index contributed by atoms with van der Waals surface area (Å²) >= 11 is 0. The lowest BCUT2D eigenvalue weighted by Crippen LogP contribution is -2.20. The molecule has 0 unspecified atom stereocenters. The summed E-state index contributed by atoms with van der Waals surface area (Å²) in [5, 5.41) is 0. The molecule has 19 heavy (non-hydrogen) atoms.